The van der Waals surface area contributed by atoms with Crippen molar-refractivity contribution in [3.63, 3.8) is 0 Å². The molecule has 0 bridgehead atoms. The van der Waals surface area contributed by atoms with Crippen LogP contribution < -0.4 is 4.90 Å². The van der Waals surface area contributed by atoms with Gasteiger partial charge in [-0.3, -0.25) is 0 Å². The van der Waals surface area contributed by atoms with Crippen molar-refractivity contribution >= 4 is 5.69 Å². The molecule has 3 aliphatic rings. The third-order valence-electron chi connectivity index (χ3n) is 11.1. The van der Waals surface area contributed by atoms with E-state index in [1.54, 1.807) is 0 Å². The van der Waals surface area contributed by atoms with Crippen LogP contribution in [-0.2, 0) is 21.9 Å². The fourth-order valence-corrected chi connectivity index (χ4v) is 10.3. The van der Waals surface area contributed by atoms with E-state index in [-0.39, 0.29) is 21.9 Å². The number of para-hydroxylation sites is 1. The average Bonchev–Trinajstić information content (AvgIpc) is 3.69. The predicted octanol–water partition coefficient (Wildman–Crippen LogP) is 9.54. The molecule has 0 radical (unpaired) electrons. The summed E-state index contributed by atoms with van der Waals surface area (Å²) in [6.45, 7) is 0. The Balaban J connectivity index is 1.62. The zero-order valence-corrected chi connectivity index (χ0v) is 23.6. The highest BCUT2D eigenvalue weighted by Gasteiger charge is 2.83. The maximum Gasteiger partial charge on any atom is 0.0769 e. The van der Waals surface area contributed by atoms with Gasteiger partial charge >= 0.3 is 0 Å². The summed E-state index contributed by atoms with van der Waals surface area (Å²) in [5, 5.41) is 0. The highest BCUT2D eigenvalue weighted by atomic mass is 15.4. The van der Waals surface area contributed by atoms with Crippen molar-refractivity contribution < 1.29 is 0 Å². The molecule has 1 heteroatoms. The molecule has 0 spiro atoms. The second-order valence-corrected chi connectivity index (χ2v) is 12.4. The van der Waals surface area contributed by atoms with Crippen LogP contribution in [0.25, 0.3) is 0 Å². The molecule has 4 atom stereocenters. The van der Waals surface area contributed by atoms with Crippen molar-refractivity contribution in [1.29, 1.82) is 0 Å². The van der Waals surface area contributed by atoms with E-state index < -0.39 is 0 Å². The molecule has 2 saturated carbocycles. The van der Waals surface area contributed by atoms with Crippen molar-refractivity contribution in [3.05, 3.63) is 174 Å². The number of fused-ring (bicyclic) bond motifs is 3. The first kappa shape index (κ1) is 24.7. The van der Waals surface area contributed by atoms with Crippen LogP contribution in [0.5, 0.6) is 0 Å². The number of anilines is 1. The Labute approximate surface area is 244 Å². The van der Waals surface area contributed by atoms with Gasteiger partial charge in [-0.1, -0.05) is 140 Å². The van der Waals surface area contributed by atoms with E-state index in [4.69, 9.17) is 0 Å². The minimum Gasteiger partial charge on any atom is -0.350 e. The van der Waals surface area contributed by atoms with E-state index in [1.165, 1.54) is 53.6 Å². The zero-order valence-electron chi connectivity index (χ0n) is 23.6. The van der Waals surface area contributed by atoms with Crippen molar-refractivity contribution in [2.75, 3.05) is 4.90 Å². The summed E-state index contributed by atoms with van der Waals surface area (Å²) in [6, 6.07) is 57.9. The lowest BCUT2D eigenvalue weighted by Crippen LogP contribution is -2.56. The standard InChI is InChI=1S/C40H37N/c1-6-18-32(19-7-1)37-28-16-30-39(37,34-22-10-3-11-23-34)41(36-26-14-5-15-27-36)40(35-24-12-4-13-25-35)31-17-29-38(37,40)33-20-8-2-9-21-33/h1-15,18-27H,16-17,28-31H2. The van der Waals surface area contributed by atoms with Gasteiger partial charge in [0.25, 0.3) is 0 Å². The lowest BCUT2D eigenvalue weighted by molar-refractivity contribution is 0.170. The molecule has 2 aliphatic carbocycles. The van der Waals surface area contributed by atoms with Crippen molar-refractivity contribution in [3.8, 4) is 0 Å². The largest absolute Gasteiger partial charge is 0.350 e. The van der Waals surface area contributed by atoms with Crippen LogP contribution in [0.1, 0.15) is 60.8 Å². The van der Waals surface area contributed by atoms with E-state index in [9.17, 15) is 0 Å². The lowest BCUT2D eigenvalue weighted by Gasteiger charge is -2.52. The average molecular weight is 532 g/mol. The number of rotatable bonds is 5. The Morgan fingerprint density at radius 1 is 0.341 bits per heavy atom. The van der Waals surface area contributed by atoms with Crippen LogP contribution in [0.2, 0.25) is 0 Å². The monoisotopic (exact) mass is 531 g/mol. The Morgan fingerprint density at radius 2 is 0.659 bits per heavy atom. The third kappa shape index (κ3) is 2.92. The second kappa shape index (κ2) is 9.21. The van der Waals surface area contributed by atoms with Gasteiger partial charge in [0.1, 0.15) is 0 Å². The van der Waals surface area contributed by atoms with E-state index in [0.29, 0.717) is 0 Å². The summed E-state index contributed by atoms with van der Waals surface area (Å²) in [7, 11) is 0. The van der Waals surface area contributed by atoms with Crippen molar-refractivity contribution in [1.82, 2.24) is 0 Å². The molecule has 41 heavy (non-hydrogen) atoms. The number of hydrogen-bond acceptors (Lipinski definition) is 1. The van der Waals surface area contributed by atoms with E-state index in [0.717, 1.165) is 12.8 Å². The number of benzene rings is 5. The summed E-state index contributed by atoms with van der Waals surface area (Å²) in [6.07, 6.45) is 6.99. The van der Waals surface area contributed by atoms with Gasteiger partial charge in [-0.2, -0.15) is 0 Å². The van der Waals surface area contributed by atoms with Crippen molar-refractivity contribution in [2.24, 2.45) is 0 Å². The van der Waals surface area contributed by atoms with Crippen LogP contribution >= 0.6 is 0 Å². The number of hydrogen-bond donors (Lipinski definition) is 0. The molecule has 1 saturated heterocycles. The van der Waals surface area contributed by atoms with Crippen LogP contribution in [0, 0.1) is 0 Å². The van der Waals surface area contributed by atoms with Crippen LogP contribution in [0.3, 0.4) is 0 Å². The minimum atomic E-state index is -0.219. The Kier molecular flexibility index (Phi) is 5.54. The summed E-state index contributed by atoms with van der Waals surface area (Å²) in [4.78, 5) is 2.98. The molecule has 0 aromatic heterocycles. The van der Waals surface area contributed by atoms with E-state index in [1.807, 2.05) is 0 Å². The van der Waals surface area contributed by atoms with Gasteiger partial charge in [0.15, 0.2) is 0 Å². The molecule has 8 rings (SSSR count). The van der Waals surface area contributed by atoms with Gasteiger partial charge in [-0.15, -0.1) is 0 Å². The zero-order chi connectivity index (χ0) is 27.4. The summed E-state index contributed by atoms with van der Waals surface area (Å²) in [5.41, 5.74) is 6.51. The molecule has 3 fully saturated rings. The molecule has 1 aliphatic heterocycles. The van der Waals surface area contributed by atoms with Gasteiger partial charge < -0.3 is 4.90 Å². The first-order valence-electron chi connectivity index (χ1n) is 15.4. The molecular formula is C40H37N. The first-order chi connectivity index (χ1) is 20.3. The predicted molar refractivity (Wildman–Crippen MR) is 169 cm³/mol. The lowest BCUT2D eigenvalue weighted by atomic mass is 9.47. The van der Waals surface area contributed by atoms with Crippen LogP contribution in [0.15, 0.2) is 152 Å². The summed E-state index contributed by atoms with van der Waals surface area (Å²) in [5.74, 6) is 0. The molecule has 0 N–H and O–H groups in total. The first-order valence-corrected chi connectivity index (χ1v) is 15.4. The smallest absolute Gasteiger partial charge is 0.0769 e. The van der Waals surface area contributed by atoms with E-state index in [2.05, 4.69) is 157 Å². The Morgan fingerprint density at radius 3 is 1.02 bits per heavy atom. The van der Waals surface area contributed by atoms with Gasteiger partial charge in [0, 0.05) is 16.5 Å². The topological polar surface area (TPSA) is 3.24 Å². The third-order valence-corrected chi connectivity index (χ3v) is 11.1. The molecule has 5 aromatic rings. The maximum absolute atomic E-state index is 2.98. The fourth-order valence-electron chi connectivity index (χ4n) is 10.3. The van der Waals surface area contributed by atoms with Gasteiger partial charge in [-0.05, 0) is 72.9 Å². The number of nitrogens with zero attached hydrogens (tertiary/aromatic N) is 1. The summed E-state index contributed by atoms with van der Waals surface area (Å²) < 4.78 is 0. The van der Waals surface area contributed by atoms with Gasteiger partial charge in [-0.25, -0.2) is 0 Å². The second-order valence-electron chi connectivity index (χ2n) is 12.4. The molecule has 1 heterocycles. The minimum absolute atomic E-state index is 0.133. The van der Waals surface area contributed by atoms with E-state index >= 15 is 0 Å². The molecule has 5 aromatic carbocycles. The Hall–Kier alpha value is -4.10. The molecule has 4 unspecified atom stereocenters. The highest BCUT2D eigenvalue weighted by Crippen LogP contribution is 2.81. The van der Waals surface area contributed by atoms with Gasteiger partial charge in [0.2, 0.25) is 0 Å². The SMILES string of the molecule is c1ccc(N2C3(c4ccccc4)CCCC3(c3ccccc3)C3(c4ccccc4)CCCC23c2ccccc2)cc1. The normalized spacial score (nSPS) is 30.2. The maximum atomic E-state index is 2.98. The molecule has 202 valence electrons. The highest BCUT2D eigenvalue weighted by molar-refractivity contribution is 5.71. The quantitative estimate of drug-likeness (QED) is 0.218. The molecule has 1 nitrogen and oxygen atoms in total. The Bertz CT molecular complexity index is 1530. The molecular weight excluding hydrogens is 494 g/mol. The molecule has 0 amide bonds. The van der Waals surface area contributed by atoms with Gasteiger partial charge in [0.05, 0.1) is 11.1 Å². The van der Waals surface area contributed by atoms with Crippen molar-refractivity contribution in [2.45, 2.75) is 60.4 Å². The van der Waals surface area contributed by atoms with Crippen LogP contribution in [0.4, 0.5) is 5.69 Å². The van der Waals surface area contributed by atoms with Crippen LogP contribution in [-0.4, -0.2) is 0 Å². The fraction of sp³-hybridized carbons (Fsp3) is 0.250. The summed E-state index contributed by atoms with van der Waals surface area (Å²) >= 11 is 0.